The number of piperidine rings is 1. The number of carbonyl (C=O) groups is 1. The number of hydrogen-bond acceptors (Lipinski definition) is 2. The predicted molar refractivity (Wildman–Crippen MR) is 113 cm³/mol. The molecule has 1 aromatic rings. The van der Waals surface area contributed by atoms with Crippen molar-refractivity contribution in [1.82, 2.24) is 15.5 Å². The summed E-state index contributed by atoms with van der Waals surface area (Å²) in [6.07, 6.45) is 2.72. The van der Waals surface area contributed by atoms with E-state index in [4.69, 9.17) is 4.99 Å². The van der Waals surface area contributed by atoms with Crippen molar-refractivity contribution < 1.29 is 4.79 Å². The Morgan fingerprint density at radius 2 is 1.85 bits per heavy atom. The Labute approximate surface area is 164 Å². The monoisotopic (exact) mass is 372 g/mol. The summed E-state index contributed by atoms with van der Waals surface area (Å²) in [5, 5.41) is 6.18. The molecule has 2 N–H and O–H groups in total. The molecule has 1 amide bonds. The number of aryl methyl sites for hydroxylation is 1. The van der Waals surface area contributed by atoms with Crippen LogP contribution in [-0.4, -0.2) is 50.0 Å². The fourth-order valence-corrected chi connectivity index (χ4v) is 3.51. The molecule has 1 aliphatic rings. The second-order valence-corrected chi connectivity index (χ2v) is 8.23. The molecule has 0 bridgehead atoms. The first kappa shape index (κ1) is 21.3. The van der Waals surface area contributed by atoms with E-state index < -0.39 is 0 Å². The van der Waals surface area contributed by atoms with Crippen LogP contribution in [0.15, 0.2) is 29.3 Å². The molecule has 0 aromatic heterocycles. The zero-order valence-electron chi connectivity index (χ0n) is 17.6. The fraction of sp³-hybridized carbons (Fsp3) is 0.636. The molecule has 0 unspecified atom stereocenters. The first-order valence-corrected chi connectivity index (χ1v) is 10.2. The van der Waals surface area contributed by atoms with Gasteiger partial charge in [0.1, 0.15) is 0 Å². The summed E-state index contributed by atoms with van der Waals surface area (Å²) < 4.78 is 0. The Bertz CT molecular complexity index is 628. The summed E-state index contributed by atoms with van der Waals surface area (Å²) in [4.78, 5) is 18.9. The number of guanidine groups is 1. The molecule has 0 radical (unpaired) electrons. The van der Waals surface area contributed by atoms with Crippen LogP contribution in [0.25, 0.3) is 0 Å². The molecule has 1 aliphatic heterocycles. The summed E-state index contributed by atoms with van der Waals surface area (Å²) in [5.74, 6) is 1.62. The molecule has 0 atom stereocenters. The quantitative estimate of drug-likeness (QED) is 0.596. The lowest BCUT2D eigenvalue weighted by Crippen LogP contribution is -2.46. The third-order valence-corrected chi connectivity index (χ3v) is 5.46. The Kier molecular flexibility index (Phi) is 7.69. The van der Waals surface area contributed by atoms with Crippen LogP contribution in [-0.2, 0) is 10.2 Å². The van der Waals surface area contributed by atoms with Crippen LogP contribution in [0.2, 0.25) is 0 Å². The SMILES string of the molecule is CCNC(=NCC(C)(C)c1ccc(C)cc1)N1CCC(CC(=O)NC)CC1. The van der Waals surface area contributed by atoms with Crippen molar-refractivity contribution in [2.24, 2.45) is 10.9 Å². The van der Waals surface area contributed by atoms with Crippen LogP contribution in [0.1, 0.15) is 51.2 Å². The lowest BCUT2D eigenvalue weighted by atomic mass is 9.84. The maximum Gasteiger partial charge on any atom is 0.220 e. The number of rotatable bonds is 6. The van der Waals surface area contributed by atoms with Gasteiger partial charge in [0.15, 0.2) is 5.96 Å². The van der Waals surface area contributed by atoms with Gasteiger partial charge in [-0.15, -0.1) is 0 Å². The van der Waals surface area contributed by atoms with Crippen molar-refractivity contribution in [3.63, 3.8) is 0 Å². The van der Waals surface area contributed by atoms with E-state index in [1.165, 1.54) is 11.1 Å². The van der Waals surface area contributed by atoms with Crippen molar-refractivity contribution in [3.05, 3.63) is 35.4 Å². The molecule has 0 aliphatic carbocycles. The highest BCUT2D eigenvalue weighted by Gasteiger charge is 2.25. The Hall–Kier alpha value is -2.04. The van der Waals surface area contributed by atoms with Crippen LogP contribution in [0.4, 0.5) is 0 Å². The number of carbonyl (C=O) groups excluding carboxylic acids is 1. The van der Waals surface area contributed by atoms with Crippen molar-refractivity contribution >= 4 is 11.9 Å². The smallest absolute Gasteiger partial charge is 0.220 e. The van der Waals surface area contributed by atoms with E-state index in [1.54, 1.807) is 7.05 Å². The van der Waals surface area contributed by atoms with Gasteiger partial charge in [0, 0.05) is 38.5 Å². The molecule has 1 saturated heterocycles. The van der Waals surface area contributed by atoms with E-state index in [-0.39, 0.29) is 11.3 Å². The van der Waals surface area contributed by atoms with E-state index in [2.05, 4.69) is 67.5 Å². The molecular weight excluding hydrogens is 336 g/mol. The fourth-order valence-electron chi connectivity index (χ4n) is 3.51. The summed E-state index contributed by atoms with van der Waals surface area (Å²) in [6, 6.07) is 8.76. The van der Waals surface area contributed by atoms with Gasteiger partial charge in [0.2, 0.25) is 5.91 Å². The van der Waals surface area contributed by atoms with Gasteiger partial charge < -0.3 is 15.5 Å². The average Bonchev–Trinajstić information content (AvgIpc) is 2.66. The summed E-state index contributed by atoms with van der Waals surface area (Å²) in [7, 11) is 1.71. The van der Waals surface area contributed by atoms with Gasteiger partial charge in [-0.1, -0.05) is 43.7 Å². The van der Waals surface area contributed by atoms with Crippen LogP contribution >= 0.6 is 0 Å². The first-order chi connectivity index (χ1) is 12.9. The normalized spacial score (nSPS) is 16.3. The summed E-state index contributed by atoms with van der Waals surface area (Å²) in [5.41, 5.74) is 2.59. The van der Waals surface area contributed by atoms with E-state index in [0.29, 0.717) is 12.3 Å². The van der Waals surface area contributed by atoms with Gasteiger partial charge in [-0.25, -0.2) is 0 Å². The number of benzene rings is 1. The number of amides is 1. The van der Waals surface area contributed by atoms with E-state index in [1.807, 2.05) is 0 Å². The molecule has 1 fully saturated rings. The van der Waals surface area contributed by atoms with Crippen molar-refractivity contribution in [2.45, 2.75) is 52.4 Å². The molecule has 1 heterocycles. The highest BCUT2D eigenvalue weighted by atomic mass is 16.1. The highest BCUT2D eigenvalue weighted by molar-refractivity contribution is 5.80. The minimum atomic E-state index is -0.00803. The molecule has 0 spiro atoms. The largest absolute Gasteiger partial charge is 0.359 e. The minimum absolute atomic E-state index is 0.00803. The van der Waals surface area contributed by atoms with Gasteiger partial charge in [-0.05, 0) is 38.2 Å². The second kappa shape index (κ2) is 9.77. The zero-order chi connectivity index (χ0) is 19.9. The third kappa shape index (κ3) is 6.26. The van der Waals surface area contributed by atoms with Crippen molar-refractivity contribution in [3.8, 4) is 0 Å². The van der Waals surface area contributed by atoms with Gasteiger partial charge >= 0.3 is 0 Å². The van der Waals surface area contributed by atoms with Gasteiger partial charge in [-0.3, -0.25) is 9.79 Å². The summed E-state index contributed by atoms with van der Waals surface area (Å²) >= 11 is 0. The number of hydrogen-bond donors (Lipinski definition) is 2. The van der Waals surface area contributed by atoms with Gasteiger partial charge in [0.25, 0.3) is 0 Å². The molecule has 5 nitrogen and oxygen atoms in total. The first-order valence-electron chi connectivity index (χ1n) is 10.2. The van der Waals surface area contributed by atoms with Crippen molar-refractivity contribution in [1.29, 1.82) is 0 Å². The minimum Gasteiger partial charge on any atom is -0.359 e. The Morgan fingerprint density at radius 3 is 2.41 bits per heavy atom. The molecule has 2 rings (SSSR count). The third-order valence-electron chi connectivity index (χ3n) is 5.46. The molecule has 5 heteroatoms. The molecule has 150 valence electrons. The van der Waals surface area contributed by atoms with Gasteiger partial charge in [-0.2, -0.15) is 0 Å². The molecule has 0 saturated carbocycles. The van der Waals surface area contributed by atoms with Crippen LogP contribution in [0.3, 0.4) is 0 Å². The average molecular weight is 373 g/mol. The zero-order valence-corrected chi connectivity index (χ0v) is 17.6. The van der Waals surface area contributed by atoms with Crippen LogP contribution in [0, 0.1) is 12.8 Å². The number of nitrogens with one attached hydrogen (secondary N) is 2. The molecular formula is C22H36N4O. The number of nitrogens with zero attached hydrogens (tertiary/aromatic N) is 2. The topological polar surface area (TPSA) is 56.7 Å². The number of aliphatic imine (C=N–C) groups is 1. The molecule has 1 aromatic carbocycles. The van der Waals surface area contributed by atoms with Crippen LogP contribution in [0.5, 0.6) is 0 Å². The Morgan fingerprint density at radius 1 is 1.22 bits per heavy atom. The van der Waals surface area contributed by atoms with E-state index in [0.717, 1.165) is 45.0 Å². The van der Waals surface area contributed by atoms with Crippen molar-refractivity contribution in [2.75, 3.05) is 33.2 Å². The predicted octanol–water partition coefficient (Wildman–Crippen LogP) is 3.09. The lowest BCUT2D eigenvalue weighted by molar-refractivity contribution is -0.121. The molecule has 27 heavy (non-hydrogen) atoms. The maximum absolute atomic E-state index is 11.6. The second-order valence-electron chi connectivity index (χ2n) is 8.23. The summed E-state index contributed by atoms with van der Waals surface area (Å²) in [6.45, 7) is 12.3. The highest BCUT2D eigenvalue weighted by Crippen LogP contribution is 2.25. The lowest BCUT2D eigenvalue weighted by Gasteiger charge is -2.34. The van der Waals surface area contributed by atoms with E-state index >= 15 is 0 Å². The standard InChI is InChI=1S/C22H36N4O/c1-6-24-21(26-13-11-18(12-14-26)15-20(27)23-5)25-16-22(3,4)19-9-7-17(2)8-10-19/h7-10,18H,6,11-16H2,1-5H3,(H,23,27)(H,24,25). The number of likely N-dealkylation sites (tertiary alicyclic amines) is 1. The van der Waals surface area contributed by atoms with Crippen LogP contribution < -0.4 is 10.6 Å². The van der Waals surface area contributed by atoms with E-state index in [9.17, 15) is 4.79 Å². The Balaban J connectivity index is 2.00. The maximum atomic E-state index is 11.6. The van der Waals surface area contributed by atoms with Gasteiger partial charge in [0.05, 0.1) is 6.54 Å².